The van der Waals surface area contributed by atoms with Gasteiger partial charge in [-0.3, -0.25) is 9.78 Å². The monoisotopic (exact) mass is 266 g/mol. The Labute approximate surface area is 113 Å². The van der Waals surface area contributed by atoms with E-state index in [4.69, 9.17) is 0 Å². The van der Waals surface area contributed by atoms with Crippen LogP contribution in [0.15, 0.2) is 12.4 Å². The number of nitrogens with one attached hydrogen (secondary N) is 1. The second-order valence-corrected chi connectivity index (χ2v) is 4.95. The lowest BCUT2D eigenvalue weighted by molar-refractivity contribution is 0.0311. The van der Waals surface area contributed by atoms with Crippen molar-refractivity contribution in [3.63, 3.8) is 0 Å². The maximum Gasteiger partial charge on any atom is 0.274 e. The van der Waals surface area contributed by atoms with Gasteiger partial charge in [0, 0.05) is 19.6 Å². The minimum absolute atomic E-state index is 0.225. The summed E-state index contributed by atoms with van der Waals surface area (Å²) in [6.07, 6.45) is 3.02. The van der Waals surface area contributed by atoms with Crippen LogP contribution >= 0.6 is 0 Å². The summed E-state index contributed by atoms with van der Waals surface area (Å²) in [6.45, 7) is 8.64. The molecule has 1 rings (SSSR count). The Morgan fingerprint density at radius 3 is 2.63 bits per heavy atom. The third-order valence-electron chi connectivity index (χ3n) is 2.46. The zero-order valence-corrected chi connectivity index (χ0v) is 12.0. The van der Waals surface area contributed by atoms with Crippen molar-refractivity contribution in [3.8, 4) is 0 Å². The molecule has 6 heteroatoms. The van der Waals surface area contributed by atoms with E-state index in [1.54, 1.807) is 24.9 Å². The molecule has 0 saturated carbocycles. The van der Waals surface area contributed by atoms with Crippen LogP contribution in [0.1, 0.15) is 38.2 Å². The van der Waals surface area contributed by atoms with E-state index >= 15 is 0 Å². The minimum Gasteiger partial charge on any atom is -0.389 e. The number of amides is 1. The maximum atomic E-state index is 12.3. The zero-order valence-electron chi connectivity index (χ0n) is 12.0. The highest BCUT2D eigenvalue weighted by Gasteiger charge is 2.23. The summed E-state index contributed by atoms with van der Waals surface area (Å²) in [5.74, 6) is 0.351. The molecule has 0 bridgehead atoms. The van der Waals surface area contributed by atoms with Gasteiger partial charge in [-0.1, -0.05) is 0 Å². The van der Waals surface area contributed by atoms with Crippen LogP contribution in [0.2, 0.25) is 0 Å². The summed E-state index contributed by atoms with van der Waals surface area (Å²) in [4.78, 5) is 22.1. The number of hydrogen-bond donors (Lipinski definition) is 2. The number of rotatable bonds is 6. The van der Waals surface area contributed by atoms with Crippen LogP contribution in [0, 0.1) is 0 Å². The molecule has 106 valence electrons. The molecule has 2 N–H and O–H groups in total. The summed E-state index contributed by atoms with van der Waals surface area (Å²) in [7, 11) is 0. The molecule has 1 amide bonds. The van der Waals surface area contributed by atoms with Crippen molar-refractivity contribution >= 4 is 11.7 Å². The molecule has 0 atom stereocenters. The summed E-state index contributed by atoms with van der Waals surface area (Å²) in [5, 5.41) is 12.8. The van der Waals surface area contributed by atoms with Crippen LogP contribution in [0.3, 0.4) is 0 Å². The summed E-state index contributed by atoms with van der Waals surface area (Å²) in [5.41, 5.74) is -0.650. The fourth-order valence-electron chi connectivity index (χ4n) is 1.69. The number of hydrogen-bond acceptors (Lipinski definition) is 5. The van der Waals surface area contributed by atoms with E-state index in [1.807, 2.05) is 13.8 Å². The summed E-state index contributed by atoms with van der Waals surface area (Å²) in [6, 6.07) is 0. The molecule has 0 fully saturated rings. The van der Waals surface area contributed by atoms with Crippen molar-refractivity contribution in [1.29, 1.82) is 0 Å². The van der Waals surface area contributed by atoms with Crippen LogP contribution in [0.4, 0.5) is 5.82 Å². The second kappa shape index (κ2) is 6.47. The fourth-order valence-corrected chi connectivity index (χ4v) is 1.69. The average Bonchev–Trinajstić information content (AvgIpc) is 2.35. The van der Waals surface area contributed by atoms with Crippen molar-refractivity contribution in [2.75, 3.05) is 25.0 Å². The number of aliphatic hydroxyl groups is 1. The number of likely N-dealkylation sites (N-methyl/N-ethyl adjacent to an activating group) is 1. The number of carbonyl (C=O) groups excluding carboxylic acids is 1. The molecule has 0 aliphatic heterocycles. The molecule has 0 unspecified atom stereocenters. The van der Waals surface area contributed by atoms with Gasteiger partial charge in [0.1, 0.15) is 11.5 Å². The van der Waals surface area contributed by atoms with E-state index in [2.05, 4.69) is 15.3 Å². The third kappa shape index (κ3) is 4.82. The summed E-state index contributed by atoms with van der Waals surface area (Å²) < 4.78 is 0. The molecular formula is C13H22N4O2. The minimum atomic E-state index is -0.932. The van der Waals surface area contributed by atoms with Crippen molar-refractivity contribution < 1.29 is 9.90 Å². The third-order valence-corrected chi connectivity index (χ3v) is 2.46. The fraction of sp³-hybridized carbons (Fsp3) is 0.615. The van der Waals surface area contributed by atoms with E-state index in [1.165, 1.54) is 6.20 Å². The van der Waals surface area contributed by atoms with Crippen LogP contribution < -0.4 is 5.32 Å². The first-order valence-corrected chi connectivity index (χ1v) is 6.45. The van der Waals surface area contributed by atoms with Gasteiger partial charge in [0.15, 0.2) is 0 Å². The van der Waals surface area contributed by atoms with Gasteiger partial charge in [0.05, 0.1) is 18.0 Å². The smallest absolute Gasteiger partial charge is 0.274 e. The van der Waals surface area contributed by atoms with Crippen LogP contribution in [0.25, 0.3) is 0 Å². The lowest BCUT2D eigenvalue weighted by atomic mass is 10.1. The number of carbonyl (C=O) groups is 1. The predicted molar refractivity (Wildman–Crippen MR) is 74.1 cm³/mol. The highest BCUT2D eigenvalue weighted by molar-refractivity contribution is 5.92. The average molecular weight is 266 g/mol. The molecule has 0 aliphatic rings. The van der Waals surface area contributed by atoms with E-state index in [0.29, 0.717) is 18.9 Å². The van der Waals surface area contributed by atoms with E-state index in [0.717, 1.165) is 0 Å². The lowest BCUT2D eigenvalue weighted by Crippen LogP contribution is -2.42. The van der Waals surface area contributed by atoms with Crippen molar-refractivity contribution in [2.24, 2.45) is 0 Å². The number of anilines is 1. The first-order chi connectivity index (χ1) is 8.87. The number of nitrogens with zero attached hydrogens (tertiary/aromatic N) is 3. The highest BCUT2D eigenvalue weighted by Crippen LogP contribution is 2.10. The maximum absolute atomic E-state index is 12.3. The molecule has 0 radical (unpaired) electrons. The van der Waals surface area contributed by atoms with Gasteiger partial charge in [-0.2, -0.15) is 0 Å². The molecule has 1 heterocycles. The molecule has 1 aromatic heterocycles. The molecular weight excluding hydrogens is 244 g/mol. The van der Waals surface area contributed by atoms with Crippen LogP contribution in [-0.4, -0.2) is 51.1 Å². The van der Waals surface area contributed by atoms with Gasteiger partial charge in [-0.25, -0.2) is 4.98 Å². The van der Waals surface area contributed by atoms with Crippen molar-refractivity contribution in [2.45, 2.75) is 33.3 Å². The molecule has 0 spiro atoms. The molecule has 6 nitrogen and oxygen atoms in total. The Bertz CT molecular complexity index is 429. The van der Waals surface area contributed by atoms with Crippen LogP contribution in [0.5, 0.6) is 0 Å². The standard InChI is InChI=1S/C13H22N4O2/c1-5-15-11-8-14-7-10(16-11)12(18)17(6-2)9-13(3,4)19/h7-8,19H,5-6,9H2,1-4H3,(H,15,16). The zero-order chi connectivity index (χ0) is 14.5. The highest BCUT2D eigenvalue weighted by atomic mass is 16.3. The van der Waals surface area contributed by atoms with Crippen molar-refractivity contribution in [1.82, 2.24) is 14.9 Å². The molecule has 19 heavy (non-hydrogen) atoms. The Balaban J connectivity index is 2.88. The molecule has 0 aliphatic carbocycles. The van der Waals surface area contributed by atoms with E-state index in [9.17, 15) is 9.90 Å². The first-order valence-electron chi connectivity index (χ1n) is 6.45. The topological polar surface area (TPSA) is 78.4 Å². The van der Waals surface area contributed by atoms with Crippen LogP contribution in [-0.2, 0) is 0 Å². The van der Waals surface area contributed by atoms with E-state index in [-0.39, 0.29) is 18.1 Å². The van der Waals surface area contributed by atoms with E-state index < -0.39 is 5.60 Å². The molecule has 1 aromatic rings. The quantitative estimate of drug-likeness (QED) is 0.807. The van der Waals surface area contributed by atoms with Gasteiger partial charge in [-0.05, 0) is 27.7 Å². The summed E-state index contributed by atoms with van der Waals surface area (Å²) >= 11 is 0. The second-order valence-electron chi connectivity index (χ2n) is 4.95. The Morgan fingerprint density at radius 1 is 1.42 bits per heavy atom. The van der Waals surface area contributed by atoms with Gasteiger partial charge < -0.3 is 15.3 Å². The molecule has 0 aromatic carbocycles. The Kier molecular flexibility index (Phi) is 5.23. The SMILES string of the molecule is CCNc1cncc(C(=O)N(CC)CC(C)(C)O)n1. The van der Waals surface area contributed by atoms with Crippen molar-refractivity contribution in [3.05, 3.63) is 18.1 Å². The Morgan fingerprint density at radius 2 is 2.11 bits per heavy atom. The Hall–Kier alpha value is -1.69. The normalized spacial score (nSPS) is 11.2. The van der Waals surface area contributed by atoms with Gasteiger partial charge in [0.25, 0.3) is 5.91 Å². The first kappa shape index (κ1) is 15.4. The van der Waals surface area contributed by atoms with Gasteiger partial charge in [0.2, 0.25) is 0 Å². The largest absolute Gasteiger partial charge is 0.389 e. The van der Waals surface area contributed by atoms with Gasteiger partial charge >= 0.3 is 0 Å². The van der Waals surface area contributed by atoms with Gasteiger partial charge in [-0.15, -0.1) is 0 Å². The predicted octanol–water partition coefficient (Wildman–Crippen LogP) is 1.14. The lowest BCUT2D eigenvalue weighted by Gasteiger charge is -2.27. The number of aromatic nitrogens is 2. The molecule has 0 saturated heterocycles.